The van der Waals surface area contributed by atoms with Gasteiger partial charge < -0.3 is 4.74 Å². The van der Waals surface area contributed by atoms with Gasteiger partial charge in [0.25, 0.3) is 5.91 Å². The van der Waals surface area contributed by atoms with E-state index in [2.05, 4.69) is 6.58 Å². The van der Waals surface area contributed by atoms with Crippen LogP contribution in [0.4, 0.5) is 0 Å². The normalized spacial score (nSPS) is 15.7. The van der Waals surface area contributed by atoms with Crippen LogP contribution < -0.4 is 4.74 Å². The Morgan fingerprint density at radius 2 is 1.84 bits per heavy atom. The van der Waals surface area contributed by atoms with Crippen LogP contribution in [0.3, 0.4) is 0 Å². The Bertz CT molecular complexity index is 813. The second-order valence-electron chi connectivity index (χ2n) is 5.42. The summed E-state index contributed by atoms with van der Waals surface area (Å²) in [6.07, 6.45) is 3.56. The molecule has 1 aliphatic rings. The van der Waals surface area contributed by atoms with Crippen LogP contribution in [-0.4, -0.2) is 21.7 Å². The number of carbonyl (C=O) groups excluding carboxylic acids is 1. The highest BCUT2D eigenvalue weighted by atomic mass is 32.2. The summed E-state index contributed by atoms with van der Waals surface area (Å²) in [5, 5.41) is 0. The van der Waals surface area contributed by atoms with Crippen LogP contribution in [0.1, 0.15) is 11.1 Å². The molecule has 1 amide bonds. The minimum Gasteiger partial charge on any atom is -0.490 e. The summed E-state index contributed by atoms with van der Waals surface area (Å²) < 4.78 is 6.05. The van der Waals surface area contributed by atoms with E-state index in [1.165, 1.54) is 11.8 Å². The fourth-order valence-corrected chi connectivity index (χ4v) is 3.62. The SMILES string of the molecule is C=CCOc1ccc(/C=C2/SC(=S)N(Cc3ccccc3)C2=O)cc1. The van der Waals surface area contributed by atoms with Gasteiger partial charge in [-0.1, -0.05) is 79.1 Å². The van der Waals surface area contributed by atoms with Gasteiger partial charge in [0, 0.05) is 0 Å². The van der Waals surface area contributed by atoms with Crippen molar-refractivity contribution in [3.05, 3.63) is 83.3 Å². The molecule has 0 atom stereocenters. The monoisotopic (exact) mass is 367 g/mol. The number of thioether (sulfide) groups is 1. The highest BCUT2D eigenvalue weighted by Crippen LogP contribution is 2.33. The maximum Gasteiger partial charge on any atom is 0.266 e. The molecule has 0 bridgehead atoms. The first-order chi connectivity index (χ1) is 12.2. The van der Waals surface area contributed by atoms with Crippen molar-refractivity contribution < 1.29 is 9.53 Å². The Morgan fingerprint density at radius 1 is 1.12 bits per heavy atom. The standard InChI is InChI=1S/C20H17NO2S2/c1-2-12-23-17-10-8-15(9-11-17)13-18-19(22)21(20(24)25-18)14-16-6-4-3-5-7-16/h2-11,13H,1,12,14H2/b18-13+. The molecule has 0 radical (unpaired) electrons. The van der Waals surface area contributed by atoms with Crippen molar-refractivity contribution in [1.29, 1.82) is 0 Å². The number of amides is 1. The van der Waals surface area contributed by atoms with Gasteiger partial charge in [0.15, 0.2) is 0 Å². The highest BCUT2D eigenvalue weighted by molar-refractivity contribution is 8.26. The second-order valence-corrected chi connectivity index (χ2v) is 7.10. The molecule has 0 aromatic heterocycles. The lowest BCUT2D eigenvalue weighted by atomic mass is 10.2. The second kappa shape index (κ2) is 8.14. The molecule has 3 nitrogen and oxygen atoms in total. The summed E-state index contributed by atoms with van der Waals surface area (Å²) >= 11 is 6.71. The van der Waals surface area contributed by atoms with Crippen molar-refractivity contribution in [2.24, 2.45) is 0 Å². The summed E-state index contributed by atoms with van der Waals surface area (Å²) in [4.78, 5) is 14.9. The molecule has 1 saturated heterocycles. The molecular formula is C20H17NO2S2. The molecule has 0 aliphatic carbocycles. The average Bonchev–Trinajstić information content (AvgIpc) is 2.89. The van der Waals surface area contributed by atoms with Crippen LogP contribution >= 0.6 is 24.0 Å². The highest BCUT2D eigenvalue weighted by Gasteiger charge is 2.31. The lowest BCUT2D eigenvalue weighted by Crippen LogP contribution is -2.27. The molecular weight excluding hydrogens is 350 g/mol. The number of hydrogen-bond acceptors (Lipinski definition) is 4. The van der Waals surface area contributed by atoms with Crippen LogP contribution in [0, 0.1) is 0 Å². The van der Waals surface area contributed by atoms with Gasteiger partial charge >= 0.3 is 0 Å². The third-order valence-corrected chi connectivity index (χ3v) is 4.98. The number of benzene rings is 2. The third kappa shape index (κ3) is 4.38. The molecule has 1 heterocycles. The quantitative estimate of drug-likeness (QED) is 0.422. The Labute approximate surface area is 157 Å². The fourth-order valence-electron chi connectivity index (χ4n) is 2.37. The molecule has 25 heavy (non-hydrogen) atoms. The van der Waals surface area contributed by atoms with E-state index in [-0.39, 0.29) is 5.91 Å². The summed E-state index contributed by atoms with van der Waals surface area (Å²) in [6.45, 7) is 4.59. The third-order valence-electron chi connectivity index (χ3n) is 3.60. The van der Waals surface area contributed by atoms with Gasteiger partial charge in [-0.25, -0.2) is 0 Å². The van der Waals surface area contributed by atoms with Gasteiger partial charge in [0.2, 0.25) is 0 Å². The Morgan fingerprint density at radius 3 is 2.52 bits per heavy atom. The summed E-state index contributed by atoms with van der Waals surface area (Å²) in [7, 11) is 0. The lowest BCUT2D eigenvalue weighted by Gasteiger charge is -2.14. The van der Waals surface area contributed by atoms with Gasteiger partial charge in [0.1, 0.15) is 16.7 Å². The van der Waals surface area contributed by atoms with Crippen molar-refractivity contribution in [1.82, 2.24) is 4.90 Å². The van der Waals surface area contributed by atoms with Crippen LogP contribution in [0.2, 0.25) is 0 Å². The van der Waals surface area contributed by atoms with Crippen molar-refractivity contribution in [3.63, 3.8) is 0 Å². The first-order valence-electron chi connectivity index (χ1n) is 7.80. The van der Waals surface area contributed by atoms with Crippen molar-refractivity contribution in [2.45, 2.75) is 6.54 Å². The van der Waals surface area contributed by atoms with E-state index in [1.807, 2.05) is 60.7 Å². The molecule has 3 rings (SSSR count). The van der Waals surface area contributed by atoms with E-state index in [9.17, 15) is 4.79 Å². The van der Waals surface area contributed by atoms with E-state index >= 15 is 0 Å². The number of nitrogens with zero attached hydrogens (tertiary/aromatic N) is 1. The first-order valence-corrected chi connectivity index (χ1v) is 9.03. The molecule has 0 N–H and O–H groups in total. The summed E-state index contributed by atoms with van der Waals surface area (Å²) in [5.41, 5.74) is 2.00. The zero-order chi connectivity index (χ0) is 17.6. The molecule has 1 fully saturated rings. The topological polar surface area (TPSA) is 29.5 Å². The minimum atomic E-state index is -0.0502. The Hall–Kier alpha value is -2.37. The van der Waals surface area contributed by atoms with E-state index in [0.29, 0.717) is 22.4 Å². The van der Waals surface area contributed by atoms with Crippen LogP contribution in [0.5, 0.6) is 5.75 Å². The summed E-state index contributed by atoms with van der Waals surface area (Å²) in [5.74, 6) is 0.722. The van der Waals surface area contributed by atoms with Crippen molar-refractivity contribution in [3.8, 4) is 5.75 Å². The molecule has 0 spiro atoms. The predicted molar refractivity (Wildman–Crippen MR) is 107 cm³/mol. The van der Waals surface area contributed by atoms with Gasteiger partial charge in [-0.2, -0.15) is 0 Å². The largest absolute Gasteiger partial charge is 0.490 e. The van der Waals surface area contributed by atoms with E-state index < -0.39 is 0 Å². The average molecular weight is 367 g/mol. The molecule has 1 aliphatic heterocycles. The smallest absolute Gasteiger partial charge is 0.266 e. The number of carbonyl (C=O) groups is 1. The van der Waals surface area contributed by atoms with Crippen LogP contribution in [-0.2, 0) is 11.3 Å². The van der Waals surface area contributed by atoms with Gasteiger partial charge in [-0.05, 0) is 29.3 Å². The van der Waals surface area contributed by atoms with Gasteiger partial charge in [-0.15, -0.1) is 0 Å². The zero-order valence-electron chi connectivity index (χ0n) is 13.6. The molecule has 126 valence electrons. The van der Waals surface area contributed by atoms with E-state index in [0.717, 1.165) is 16.9 Å². The van der Waals surface area contributed by atoms with E-state index in [4.69, 9.17) is 17.0 Å². The predicted octanol–water partition coefficient (Wildman–Crippen LogP) is 4.65. The summed E-state index contributed by atoms with van der Waals surface area (Å²) in [6, 6.07) is 17.4. The van der Waals surface area contributed by atoms with Gasteiger partial charge in [0.05, 0.1) is 11.4 Å². The van der Waals surface area contributed by atoms with Crippen LogP contribution in [0.25, 0.3) is 6.08 Å². The number of hydrogen-bond donors (Lipinski definition) is 0. The first kappa shape index (κ1) is 17.5. The molecule has 2 aromatic rings. The number of rotatable bonds is 6. The maximum absolute atomic E-state index is 12.6. The van der Waals surface area contributed by atoms with Crippen molar-refractivity contribution in [2.75, 3.05) is 6.61 Å². The van der Waals surface area contributed by atoms with Gasteiger partial charge in [-0.3, -0.25) is 9.69 Å². The lowest BCUT2D eigenvalue weighted by molar-refractivity contribution is -0.122. The van der Waals surface area contributed by atoms with Crippen LogP contribution in [0.15, 0.2) is 72.2 Å². The molecule has 5 heteroatoms. The number of thiocarbonyl (C=S) groups is 1. The minimum absolute atomic E-state index is 0.0502. The fraction of sp³-hybridized carbons (Fsp3) is 0.100. The molecule has 2 aromatic carbocycles. The number of ether oxygens (including phenoxy) is 1. The van der Waals surface area contributed by atoms with Crippen molar-refractivity contribution >= 4 is 40.3 Å². The zero-order valence-corrected chi connectivity index (χ0v) is 15.2. The van der Waals surface area contributed by atoms with E-state index in [1.54, 1.807) is 11.0 Å². The Balaban J connectivity index is 1.72. The molecule has 0 saturated carbocycles. The molecule has 0 unspecified atom stereocenters. The Kier molecular flexibility index (Phi) is 5.68. The maximum atomic E-state index is 12.6.